The van der Waals surface area contributed by atoms with Crippen LogP contribution in [0.3, 0.4) is 0 Å². The number of nitro benzene ring substituents is 1. The molecular weight excluding hydrogens is 248 g/mol. The summed E-state index contributed by atoms with van der Waals surface area (Å²) in [5.41, 5.74) is -0.113. The van der Waals surface area contributed by atoms with E-state index in [9.17, 15) is 14.9 Å². The summed E-state index contributed by atoms with van der Waals surface area (Å²) in [5.74, 6) is -0.817. The van der Waals surface area contributed by atoms with Crippen molar-refractivity contribution < 1.29 is 14.8 Å². The van der Waals surface area contributed by atoms with E-state index >= 15 is 0 Å². The standard InChI is InChI=1S/C13H16N2O4/c1-13(2)6-8(13)7-14-10-5-3-4-9(12(16)17)11(10)15(18)19/h3-5,8,14H,6-7H2,1-2H3,(H,16,17). The van der Waals surface area contributed by atoms with Gasteiger partial charge in [0.15, 0.2) is 0 Å². The van der Waals surface area contributed by atoms with Crippen LogP contribution in [0, 0.1) is 21.4 Å². The van der Waals surface area contributed by atoms with Crippen LogP contribution < -0.4 is 5.32 Å². The normalized spacial score (nSPS) is 19.8. The Bertz CT molecular complexity index is 539. The summed E-state index contributed by atoms with van der Waals surface area (Å²) in [5, 5.41) is 23.0. The van der Waals surface area contributed by atoms with Crippen molar-refractivity contribution in [2.45, 2.75) is 20.3 Å². The lowest BCUT2D eigenvalue weighted by atomic mass is 10.1. The molecule has 2 rings (SSSR count). The fourth-order valence-corrected chi connectivity index (χ4v) is 2.21. The van der Waals surface area contributed by atoms with Crippen molar-refractivity contribution in [2.75, 3.05) is 11.9 Å². The number of nitro groups is 1. The number of carboxylic acids is 1. The molecule has 102 valence electrons. The molecule has 1 atom stereocenters. The van der Waals surface area contributed by atoms with Crippen LogP contribution in [0.4, 0.5) is 11.4 Å². The zero-order chi connectivity index (χ0) is 14.2. The van der Waals surface area contributed by atoms with Gasteiger partial charge < -0.3 is 10.4 Å². The Kier molecular flexibility index (Phi) is 3.18. The highest BCUT2D eigenvalue weighted by atomic mass is 16.6. The van der Waals surface area contributed by atoms with Crippen LogP contribution in [0.25, 0.3) is 0 Å². The Morgan fingerprint density at radius 1 is 1.58 bits per heavy atom. The number of anilines is 1. The van der Waals surface area contributed by atoms with Gasteiger partial charge >= 0.3 is 11.7 Å². The lowest BCUT2D eigenvalue weighted by Gasteiger charge is -2.09. The number of nitrogens with zero attached hydrogens (tertiary/aromatic N) is 1. The first kappa shape index (κ1) is 13.3. The highest BCUT2D eigenvalue weighted by molar-refractivity contribution is 5.95. The van der Waals surface area contributed by atoms with Gasteiger partial charge in [-0.2, -0.15) is 0 Å². The average Bonchev–Trinajstić information content (AvgIpc) is 2.93. The van der Waals surface area contributed by atoms with Gasteiger partial charge in [0.2, 0.25) is 0 Å². The minimum Gasteiger partial charge on any atom is -0.477 e. The van der Waals surface area contributed by atoms with E-state index in [4.69, 9.17) is 5.11 Å². The van der Waals surface area contributed by atoms with E-state index in [1.54, 1.807) is 6.07 Å². The molecule has 0 aromatic heterocycles. The highest BCUT2D eigenvalue weighted by Crippen LogP contribution is 2.51. The van der Waals surface area contributed by atoms with Crippen LogP contribution in [-0.2, 0) is 0 Å². The van der Waals surface area contributed by atoms with Gasteiger partial charge in [-0.25, -0.2) is 4.79 Å². The molecule has 0 saturated heterocycles. The van der Waals surface area contributed by atoms with E-state index < -0.39 is 10.9 Å². The van der Waals surface area contributed by atoms with E-state index in [0.717, 1.165) is 6.42 Å². The van der Waals surface area contributed by atoms with Crippen molar-refractivity contribution in [3.8, 4) is 0 Å². The number of nitrogens with one attached hydrogen (secondary N) is 1. The van der Waals surface area contributed by atoms with Crippen LogP contribution >= 0.6 is 0 Å². The molecule has 0 spiro atoms. The number of para-hydroxylation sites is 1. The Hall–Kier alpha value is -2.11. The molecular formula is C13H16N2O4. The molecule has 1 saturated carbocycles. The summed E-state index contributed by atoms with van der Waals surface area (Å²) in [4.78, 5) is 21.4. The van der Waals surface area contributed by atoms with Crippen LogP contribution in [0.1, 0.15) is 30.6 Å². The third kappa shape index (κ3) is 2.67. The molecule has 1 fully saturated rings. The van der Waals surface area contributed by atoms with Gasteiger partial charge in [0.1, 0.15) is 11.3 Å². The van der Waals surface area contributed by atoms with Gasteiger partial charge in [0, 0.05) is 6.54 Å². The lowest BCUT2D eigenvalue weighted by molar-refractivity contribution is -0.384. The summed E-state index contributed by atoms with van der Waals surface area (Å²) in [6.07, 6.45) is 1.08. The number of hydrogen-bond donors (Lipinski definition) is 2. The fourth-order valence-electron chi connectivity index (χ4n) is 2.21. The maximum absolute atomic E-state index is 11.0. The van der Waals surface area contributed by atoms with E-state index in [1.807, 2.05) is 0 Å². The summed E-state index contributed by atoms with van der Waals surface area (Å²) >= 11 is 0. The molecule has 6 heteroatoms. The summed E-state index contributed by atoms with van der Waals surface area (Å²) in [6, 6.07) is 4.30. The fraction of sp³-hybridized carbons (Fsp3) is 0.462. The molecule has 1 aromatic carbocycles. The summed E-state index contributed by atoms with van der Waals surface area (Å²) in [6.45, 7) is 4.90. The average molecular weight is 264 g/mol. The second kappa shape index (κ2) is 4.53. The van der Waals surface area contributed by atoms with E-state index in [2.05, 4.69) is 19.2 Å². The van der Waals surface area contributed by atoms with Gasteiger partial charge in [-0.15, -0.1) is 0 Å². The Labute approximate surface area is 110 Å². The first-order chi connectivity index (χ1) is 8.83. The van der Waals surface area contributed by atoms with Crippen LogP contribution in [0.5, 0.6) is 0 Å². The molecule has 6 nitrogen and oxygen atoms in total. The number of aromatic carboxylic acids is 1. The first-order valence-electron chi connectivity index (χ1n) is 6.07. The van der Waals surface area contributed by atoms with Gasteiger partial charge in [0.05, 0.1) is 4.92 Å². The topological polar surface area (TPSA) is 92.5 Å². The van der Waals surface area contributed by atoms with E-state index in [0.29, 0.717) is 12.5 Å². The van der Waals surface area contributed by atoms with Gasteiger partial charge in [0.25, 0.3) is 0 Å². The molecule has 0 heterocycles. The zero-order valence-corrected chi connectivity index (χ0v) is 10.8. The van der Waals surface area contributed by atoms with Crippen molar-refractivity contribution in [3.05, 3.63) is 33.9 Å². The second-order valence-corrected chi connectivity index (χ2v) is 5.53. The number of rotatable bonds is 5. The van der Waals surface area contributed by atoms with Crippen molar-refractivity contribution >= 4 is 17.3 Å². The minimum atomic E-state index is -1.29. The Morgan fingerprint density at radius 2 is 2.21 bits per heavy atom. The third-order valence-corrected chi connectivity index (χ3v) is 3.71. The van der Waals surface area contributed by atoms with Crippen LogP contribution in [0.15, 0.2) is 18.2 Å². The highest BCUT2D eigenvalue weighted by Gasteiger charge is 2.45. The molecule has 1 aliphatic carbocycles. The van der Waals surface area contributed by atoms with E-state index in [1.165, 1.54) is 12.1 Å². The predicted molar refractivity (Wildman–Crippen MR) is 70.4 cm³/mol. The molecule has 0 radical (unpaired) electrons. The summed E-state index contributed by atoms with van der Waals surface area (Å²) in [7, 11) is 0. The van der Waals surface area contributed by atoms with Crippen LogP contribution in [-0.4, -0.2) is 22.5 Å². The number of hydrogen-bond acceptors (Lipinski definition) is 4. The molecule has 1 unspecified atom stereocenters. The number of carboxylic acid groups (broad SMARTS) is 1. The number of carbonyl (C=O) groups is 1. The molecule has 0 bridgehead atoms. The third-order valence-electron chi connectivity index (χ3n) is 3.71. The van der Waals surface area contributed by atoms with E-state index in [-0.39, 0.29) is 22.4 Å². The quantitative estimate of drug-likeness (QED) is 0.630. The van der Waals surface area contributed by atoms with Gasteiger partial charge in [-0.3, -0.25) is 10.1 Å². The van der Waals surface area contributed by atoms with Gasteiger partial charge in [-0.1, -0.05) is 19.9 Å². The predicted octanol–water partition coefficient (Wildman–Crippen LogP) is 2.75. The first-order valence-corrected chi connectivity index (χ1v) is 6.07. The Balaban J connectivity index is 2.22. The van der Waals surface area contributed by atoms with Crippen molar-refractivity contribution in [2.24, 2.45) is 11.3 Å². The largest absolute Gasteiger partial charge is 0.477 e. The SMILES string of the molecule is CC1(C)CC1CNc1cccc(C(=O)O)c1[N+](=O)[O-]. The zero-order valence-electron chi connectivity index (χ0n) is 10.8. The molecule has 1 aliphatic rings. The molecule has 19 heavy (non-hydrogen) atoms. The molecule has 0 amide bonds. The minimum absolute atomic E-state index is 0.270. The summed E-state index contributed by atoms with van der Waals surface area (Å²) < 4.78 is 0. The maximum Gasteiger partial charge on any atom is 0.342 e. The second-order valence-electron chi connectivity index (χ2n) is 5.53. The van der Waals surface area contributed by atoms with Crippen LogP contribution in [0.2, 0.25) is 0 Å². The molecule has 0 aliphatic heterocycles. The Morgan fingerprint density at radius 3 is 2.68 bits per heavy atom. The van der Waals surface area contributed by atoms with Crippen molar-refractivity contribution in [1.82, 2.24) is 0 Å². The maximum atomic E-state index is 11.0. The smallest absolute Gasteiger partial charge is 0.342 e. The lowest BCUT2D eigenvalue weighted by Crippen LogP contribution is -2.11. The molecule has 2 N–H and O–H groups in total. The van der Waals surface area contributed by atoms with Crippen molar-refractivity contribution in [3.63, 3.8) is 0 Å². The number of benzene rings is 1. The molecule has 1 aromatic rings. The van der Waals surface area contributed by atoms with Crippen molar-refractivity contribution in [1.29, 1.82) is 0 Å². The monoisotopic (exact) mass is 264 g/mol. The van der Waals surface area contributed by atoms with Gasteiger partial charge in [-0.05, 0) is 29.9 Å².